The average Bonchev–Trinajstić information content (AvgIpc) is 2.88. The molecule has 2 rings (SSSR count). The Morgan fingerprint density at radius 1 is 1.00 bits per heavy atom. The average molecular weight is 542 g/mol. The molecule has 0 aliphatic carbocycles. The number of ether oxygens (including phenoxy) is 3. The lowest BCUT2D eigenvalue weighted by Crippen LogP contribution is -2.38. The van der Waals surface area contributed by atoms with Crippen LogP contribution in [-0.4, -0.2) is 73.1 Å². The summed E-state index contributed by atoms with van der Waals surface area (Å²) in [6.45, 7) is 5.39. The third-order valence-electron chi connectivity index (χ3n) is 4.93. The molecule has 2 aromatic carbocycles. The number of aliphatic carboxylic acids is 1. The number of methoxy groups -OCH3 is 1. The molecule has 0 fully saturated rings. The standard InChI is InChI=1S/C26H31N3O6.C2H4O2/c1-4-34-23(30)17-29(14-5-15-33-3)25(31)18(2)16-19-6-8-21(9-7-19)26(32)35-22-12-10-20(11-13-22)24(27)28;1-2(3)4/h6-13,16H,4-5,14-15,17H2,1-3H3,(H3,27,28);1H3,(H,3,4). The van der Waals surface area contributed by atoms with Crippen molar-refractivity contribution in [3.63, 3.8) is 0 Å². The molecular weight excluding hydrogens is 506 g/mol. The molecule has 0 heterocycles. The smallest absolute Gasteiger partial charge is 0.343 e. The maximum Gasteiger partial charge on any atom is 0.343 e. The van der Waals surface area contributed by atoms with Crippen LogP contribution in [0.4, 0.5) is 0 Å². The number of carboxylic acid groups (broad SMARTS) is 1. The van der Waals surface area contributed by atoms with Crippen molar-refractivity contribution in [1.29, 1.82) is 5.41 Å². The van der Waals surface area contributed by atoms with Crippen LogP contribution in [0.5, 0.6) is 5.75 Å². The van der Waals surface area contributed by atoms with Crippen LogP contribution in [0.1, 0.15) is 48.7 Å². The molecule has 11 nitrogen and oxygen atoms in total. The van der Waals surface area contributed by atoms with E-state index in [4.69, 9.17) is 35.3 Å². The van der Waals surface area contributed by atoms with Crippen LogP contribution < -0.4 is 10.5 Å². The fourth-order valence-electron chi connectivity index (χ4n) is 3.16. The van der Waals surface area contributed by atoms with Crippen LogP contribution in [-0.2, 0) is 23.9 Å². The lowest BCUT2D eigenvalue weighted by molar-refractivity contribution is -0.148. The van der Waals surface area contributed by atoms with Crippen LogP contribution in [0.3, 0.4) is 0 Å². The number of rotatable bonds is 12. The molecule has 0 bridgehead atoms. The van der Waals surface area contributed by atoms with Gasteiger partial charge >= 0.3 is 11.9 Å². The minimum Gasteiger partial charge on any atom is -0.481 e. The second-order valence-corrected chi connectivity index (χ2v) is 8.17. The Balaban J connectivity index is 0.00000177. The molecule has 0 saturated carbocycles. The van der Waals surface area contributed by atoms with Crippen molar-refractivity contribution in [2.24, 2.45) is 5.73 Å². The van der Waals surface area contributed by atoms with Crippen LogP contribution in [0.2, 0.25) is 0 Å². The number of nitrogens with zero attached hydrogens (tertiary/aromatic N) is 1. The molecule has 0 atom stereocenters. The summed E-state index contributed by atoms with van der Waals surface area (Å²) in [5.74, 6) is -1.86. The van der Waals surface area contributed by atoms with Gasteiger partial charge in [-0.2, -0.15) is 0 Å². The van der Waals surface area contributed by atoms with Gasteiger partial charge in [-0.3, -0.25) is 19.8 Å². The highest BCUT2D eigenvalue weighted by molar-refractivity contribution is 5.99. The Morgan fingerprint density at radius 3 is 2.08 bits per heavy atom. The lowest BCUT2D eigenvalue weighted by Gasteiger charge is -2.22. The summed E-state index contributed by atoms with van der Waals surface area (Å²) in [4.78, 5) is 47.7. The normalized spacial score (nSPS) is 10.5. The first-order valence-electron chi connectivity index (χ1n) is 12.1. The molecule has 0 spiro atoms. The highest BCUT2D eigenvalue weighted by Crippen LogP contribution is 2.16. The molecule has 39 heavy (non-hydrogen) atoms. The number of amidine groups is 1. The van der Waals surface area contributed by atoms with Crippen LogP contribution in [0.15, 0.2) is 54.1 Å². The van der Waals surface area contributed by atoms with Gasteiger partial charge in [-0.1, -0.05) is 12.1 Å². The fraction of sp³-hybridized carbons (Fsp3) is 0.321. The predicted octanol–water partition coefficient (Wildman–Crippen LogP) is 3.11. The number of benzene rings is 2. The Kier molecular flexibility index (Phi) is 14.2. The number of hydrogen-bond acceptors (Lipinski definition) is 8. The van der Waals surface area contributed by atoms with Crippen molar-refractivity contribution < 1.29 is 38.5 Å². The van der Waals surface area contributed by atoms with E-state index >= 15 is 0 Å². The minimum absolute atomic E-state index is 0.0701. The topological polar surface area (TPSA) is 169 Å². The van der Waals surface area contributed by atoms with Crippen LogP contribution >= 0.6 is 0 Å². The lowest BCUT2D eigenvalue weighted by atomic mass is 10.1. The number of carbonyl (C=O) groups excluding carboxylic acids is 3. The van der Waals surface area contributed by atoms with E-state index in [-0.39, 0.29) is 24.9 Å². The van der Waals surface area contributed by atoms with Crippen molar-refractivity contribution >= 4 is 35.7 Å². The summed E-state index contributed by atoms with van der Waals surface area (Å²) in [5.41, 5.74) is 7.44. The molecule has 0 aromatic heterocycles. The van der Waals surface area contributed by atoms with Crippen molar-refractivity contribution in [1.82, 2.24) is 4.90 Å². The van der Waals surface area contributed by atoms with Crippen LogP contribution in [0, 0.1) is 5.41 Å². The van der Waals surface area contributed by atoms with Gasteiger partial charge in [-0.15, -0.1) is 0 Å². The Labute approximate surface area is 227 Å². The molecule has 2 aromatic rings. The largest absolute Gasteiger partial charge is 0.481 e. The van der Waals surface area contributed by atoms with Gasteiger partial charge < -0.3 is 30.0 Å². The molecule has 4 N–H and O–H groups in total. The maximum absolute atomic E-state index is 12.9. The number of carbonyl (C=O) groups is 4. The third-order valence-corrected chi connectivity index (χ3v) is 4.93. The van der Waals surface area contributed by atoms with Gasteiger partial charge in [0.15, 0.2) is 0 Å². The molecule has 0 aliphatic heterocycles. The van der Waals surface area contributed by atoms with E-state index in [9.17, 15) is 14.4 Å². The number of nitrogens with one attached hydrogen (secondary N) is 1. The van der Waals surface area contributed by atoms with E-state index in [1.165, 1.54) is 4.90 Å². The van der Waals surface area contributed by atoms with Gasteiger partial charge in [0.05, 0.1) is 12.2 Å². The Bertz CT molecular complexity index is 1150. The summed E-state index contributed by atoms with van der Waals surface area (Å²) in [7, 11) is 1.58. The predicted molar refractivity (Wildman–Crippen MR) is 146 cm³/mol. The van der Waals surface area contributed by atoms with Gasteiger partial charge in [0, 0.05) is 38.3 Å². The van der Waals surface area contributed by atoms with Crippen LogP contribution in [0.25, 0.3) is 6.08 Å². The number of carboxylic acids is 1. The summed E-state index contributed by atoms with van der Waals surface area (Å²) in [6, 6.07) is 12.9. The second-order valence-electron chi connectivity index (χ2n) is 8.17. The molecular formula is C28H35N3O8. The van der Waals surface area contributed by atoms with E-state index in [1.807, 2.05) is 0 Å². The monoisotopic (exact) mass is 541 g/mol. The SMILES string of the molecule is CC(=O)O.CCOC(=O)CN(CCCOC)C(=O)C(C)=Cc1ccc(C(=O)Oc2ccc(C(=N)N)cc2)cc1. The van der Waals surface area contributed by atoms with Crippen molar-refractivity contribution in [3.8, 4) is 5.75 Å². The van der Waals surface area contributed by atoms with Gasteiger partial charge in [0.2, 0.25) is 5.91 Å². The van der Waals surface area contributed by atoms with Gasteiger partial charge in [0.25, 0.3) is 5.97 Å². The highest BCUT2D eigenvalue weighted by atomic mass is 16.5. The van der Waals surface area contributed by atoms with E-state index in [0.717, 1.165) is 6.92 Å². The molecule has 210 valence electrons. The molecule has 0 aliphatic rings. The Hall–Kier alpha value is -4.51. The van der Waals surface area contributed by atoms with E-state index in [1.54, 1.807) is 75.6 Å². The van der Waals surface area contributed by atoms with Gasteiger partial charge in [-0.05, 0) is 68.3 Å². The molecule has 0 radical (unpaired) electrons. The van der Waals surface area contributed by atoms with E-state index in [2.05, 4.69) is 0 Å². The number of nitrogen functional groups attached to an aromatic ring is 1. The molecule has 11 heteroatoms. The molecule has 0 unspecified atom stereocenters. The van der Waals surface area contributed by atoms with E-state index < -0.39 is 17.9 Å². The molecule has 0 saturated heterocycles. The van der Waals surface area contributed by atoms with Crippen molar-refractivity contribution in [2.45, 2.75) is 27.2 Å². The summed E-state index contributed by atoms with van der Waals surface area (Å²) < 4.78 is 15.4. The first-order valence-corrected chi connectivity index (χ1v) is 12.1. The zero-order chi connectivity index (χ0) is 29.4. The number of esters is 2. The summed E-state index contributed by atoms with van der Waals surface area (Å²) in [5, 5.41) is 14.8. The van der Waals surface area contributed by atoms with Crippen molar-refractivity contribution in [3.05, 3.63) is 70.8 Å². The number of amides is 1. The zero-order valence-corrected chi connectivity index (χ0v) is 22.6. The number of nitrogens with two attached hydrogens (primary N) is 1. The quantitative estimate of drug-likeness (QED) is 0.0912. The molecule has 1 amide bonds. The minimum atomic E-state index is -0.833. The second kappa shape index (κ2) is 17.1. The van der Waals surface area contributed by atoms with Gasteiger partial charge in [-0.25, -0.2) is 4.79 Å². The number of hydrogen-bond donors (Lipinski definition) is 3. The maximum atomic E-state index is 12.9. The fourth-order valence-corrected chi connectivity index (χ4v) is 3.16. The van der Waals surface area contributed by atoms with Crippen molar-refractivity contribution in [2.75, 3.05) is 33.4 Å². The first kappa shape index (κ1) is 32.5. The highest BCUT2D eigenvalue weighted by Gasteiger charge is 2.19. The van der Waals surface area contributed by atoms with E-state index in [0.29, 0.717) is 47.6 Å². The first-order chi connectivity index (χ1) is 18.5. The zero-order valence-electron chi connectivity index (χ0n) is 22.6. The summed E-state index contributed by atoms with van der Waals surface area (Å²) in [6.07, 6.45) is 2.27. The third kappa shape index (κ3) is 12.5. The Morgan fingerprint density at radius 2 is 1.56 bits per heavy atom. The van der Waals surface area contributed by atoms with Gasteiger partial charge in [0.1, 0.15) is 18.1 Å². The summed E-state index contributed by atoms with van der Waals surface area (Å²) >= 11 is 0.